The molecule has 45 heavy (non-hydrogen) atoms. The monoisotopic (exact) mass is 630 g/mol. The van der Waals surface area contributed by atoms with E-state index in [0.717, 1.165) is 0 Å². The Bertz CT molecular complexity index is 1180. The van der Waals surface area contributed by atoms with E-state index in [0.29, 0.717) is 19.8 Å². The summed E-state index contributed by atoms with van der Waals surface area (Å²) in [5.41, 5.74) is -1.31. The summed E-state index contributed by atoms with van der Waals surface area (Å²) in [7, 11) is 0. The van der Waals surface area contributed by atoms with Gasteiger partial charge in [0.05, 0.1) is 56.3 Å². The van der Waals surface area contributed by atoms with Crippen molar-refractivity contribution in [2.75, 3.05) is 39.6 Å². The van der Waals surface area contributed by atoms with Crippen LogP contribution in [0.5, 0.6) is 0 Å². The van der Waals surface area contributed by atoms with Crippen LogP contribution in [0.3, 0.4) is 0 Å². The van der Waals surface area contributed by atoms with Crippen molar-refractivity contribution in [2.24, 2.45) is 16.2 Å². The van der Waals surface area contributed by atoms with Crippen LogP contribution < -0.4 is 0 Å². The first-order valence-corrected chi connectivity index (χ1v) is 15.1. The average molecular weight is 631 g/mol. The van der Waals surface area contributed by atoms with Gasteiger partial charge in [-0.05, 0) is 18.2 Å². The van der Waals surface area contributed by atoms with E-state index in [1.54, 1.807) is 0 Å². The third-order valence-electron chi connectivity index (χ3n) is 8.26. The molecule has 3 aliphatic heterocycles. The number of hydrogen-bond acceptors (Lipinski definition) is 12. The molecule has 0 spiro atoms. The van der Waals surface area contributed by atoms with Crippen LogP contribution >= 0.6 is 0 Å². The van der Waals surface area contributed by atoms with Crippen molar-refractivity contribution < 1.29 is 57.2 Å². The lowest BCUT2D eigenvalue weighted by molar-refractivity contribution is -0.182. The number of rotatable bonds is 15. The van der Waals surface area contributed by atoms with E-state index in [1.807, 2.05) is 41.5 Å². The molecular weight excluding hydrogens is 588 g/mol. The van der Waals surface area contributed by atoms with Gasteiger partial charge >= 0.3 is 17.9 Å². The van der Waals surface area contributed by atoms with Crippen LogP contribution in [0.2, 0.25) is 0 Å². The molecule has 0 amide bonds. The van der Waals surface area contributed by atoms with E-state index in [-0.39, 0.29) is 89.4 Å². The maximum absolute atomic E-state index is 12.9. The first kappa shape index (κ1) is 34.4. The molecule has 3 unspecified atom stereocenters. The van der Waals surface area contributed by atoms with Gasteiger partial charge in [-0.15, -0.1) is 0 Å². The summed E-state index contributed by atoms with van der Waals surface area (Å²) in [6.45, 7) is 12.2. The maximum atomic E-state index is 12.9. The van der Waals surface area contributed by atoms with Gasteiger partial charge in [-0.3, -0.25) is 14.4 Å². The molecule has 0 aromatic heterocycles. The zero-order valence-corrected chi connectivity index (χ0v) is 26.7. The minimum Gasteiger partial charge on any atom is -0.462 e. The number of carbonyl (C=O) groups is 6. The van der Waals surface area contributed by atoms with E-state index in [9.17, 15) is 28.8 Å². The van der Waals surface area contributed by atoms with Gasteiger partial charge in [-0.25, -0.2) is 14.4 Å². The summed E-state index contributed by atoms with van der Waals surface area (Å²) in [5, 5.41) is 0. The fourth-order valence-corrected chi connectivity index (χ4v) is 5.44. The summed E-state index contributed by atoms with van der Waals surface area (Å²) >= 11 is 0. The second kappa shape index (κ2) is 13.5. The van der Waals surface area contributed by atoms with Crippen LogP contribution in [0.15, 0.2) is 18.2 Å². The SMILES string of the molecule is CC1(C)COC1C(=O)CCOC(=O)c1cc(C(=O)OCCC(=O)C2OCC2(C)C)cc(C(=O)OCCC(=O)C2OCC2(C)C)c1. The fourth-order valence-electron chi connectivity index (χ4n) is 5.44. The fraction of sp³-hybridized carbons (Fsp3) is 0.636. The van der Waals surface area contributed by atoms with Gasteiger partial charge in [0, 0.05) is 35.5 Å². The summed E-state index contributed by atoms with van der Waals surface area (Å²) in [6, 6.07) is 3.59. The maximum Gasteiger partial charge on any atom is 0.338 e. The number of hydrogen-bond donors (Lipinski definition) is 0. The largest absolute Gasteiger partial charge is 0.462 e. The molecule has 0 saturated carbocycles. The first-order valence-electron chi connectivity index (χ1n) is 15.1. The summed E-state index contributed by atoms with van der Waals surface area (Å²) in [6.07, 6.45) is -1.92. The van der Waals surface area contributed by atoms with Crippen molar-refractivity contribution in [3.63, 3.8) is 0 Å². The second-order valence-electron chi connectivity index (χ2n) is 13.9. The van der Waals surface area contributed by atoms with Gasteiger partial charge < -0.3 is 28.4 Å². The van der Waals surface area contributed by atoms with E-state index >= 15 is 0 Å². The predicted octanol–water partition coefficient (Wildman–Crippen LogP) is 3.31. The van der Waals surface area contributed by atoms with Crippen LogP contribution in [0.4, 0.5) is 0 Å². The Kier molecular flexibility index (Phi) is 10.3. The Morgan fingerprint density at radius 1 is 0.533 bits per heavy atom. The lowest BCUT2D eigenvalue weighted by atomic mass is 9.79. The van der Waals surface area contributed by atoms with Crippen molar-refractivity contribution in [2.45, 2.75) is 79.1 Å². The summed E-state index contributed by atoms with van der Waals surface area (Å²) in [4.78, 5) is 76.1. The topological polar surface area (TPSA) is 158 Å². The molecule has 3 heterocycles. The minimum absolute atomic E-state index is 0.0679. The smallest absolute Gasteiger partial charge is 0.338 e. The molecule has 0 radical (unpaired) electrons. The van der Waals surface area contributed by atoms with Crippen molar-refractivity contribution in [3.8, 4) is 0 Å². The molecule has 12 nitrogen and oxygen atoms in total. The molecule has 0 bridgehead atoms. The zero-order valence-electron chi connectivity index (χ0n) is 26.7. The lowest BCUT2D eigenvalue weighted by Crippen LogP contribution is -2.52. The average Bonchev–Trinajstić information content (AvgIpc) is 2.95. The molecule has 3 saturated heterocycles. The Balaban J connectivity index is 1.39. The van der Waals surface area contributed by atoms with E-state index in [1.165, 1.54) is 18.2 Å². The molecule has 4 rings (SSSR count). The normalized spacial score (nSPS) is 23.7. The molecule has 3 fully saturated rings. The van der Waals surface area contributed by atoms with Crippen molar-refractivity contribution in [1.29, 1.82) is 0 Å². The third-order valence-corrected chi connectivity index (χ3v) is 8.26. The molecule has 0 aliphatic carbocycles. The highest BCUT2D eigenvalue weighted by atomic mass is 16.5. The Morgan fingerprint density at radius 2 is 0.778 bits per heavy atom. The number of esters is 3. The van der Waals surface area contributed by atoms with Gasteiger partial charge in [0.1, 0.15) is 18.3 Å². The predicted molar refractivity (Wildman–Crippen MR) is 157 cm³/mol. The number of Topliss-reactive ketones (excluding diaryl/α,β-unsaturated/α-hetero) is 3. The van der Waals surface area contributed by atoms with E-state index < -0.39 is 36.2 Å². The van der Waals surface area contributed by atoms with Gasteiger partial charge in [0.25, 0.3) is 0 Å². The molecule has 12 heteroatoms. The molecule has 246 valence electrons. The second-order valence-corrected chi connectivity index (χ2v) is 13.9. The Morgan fingerprint density at radius 3 is 0.956 bits per heavy atom. The van der Waals surface area contributed by atoms with E-state index in [4.69, 9.17) is 28.4 Å². The highest BCUT2D eigenvalue weighted by molar-refractivity contribution is 6.00. The van der Waals surface area contributed by atoms with E-state index in [2.05, 4.69) is 0 Å². The molecule has 1 aromatic rings. The molecule has 3 atom stereocenters. The highest BCUT2D eigenvalue weighted by Gasteiger charge is 2.46. The van der Waals surface area contributed by atoms with Gasteiger partial charge in [-0.1, -0.05) is 41.5 Å². The minimum atomic E-state index is -0.876. The summed E-state index contributed by atoms with van der Waals surface area (Å²) < 4.78 is 31.9. The zero-order chi connectivity index (χ0) is 33.2. The number of ketones is 3. The van der Waals surface area contributed by atoms with Crippen molar-refractivity contribution in [1.82, 2.24) is 0 Å². The van der Waals surface area contributed by atoms with Gasteiger partial charge in [0.2, 0.25) is 0 Å². The highest BCUT2D eigenvalue weighted by Crippen LogP contribution is 2.36. The molecule has 1 aromatic carbocycles. The standard InChI is InChI=1S/C33H42O12/c1-31(2)16-43-25(31)22(34)7-10-40-28(37)19-13-20(29(38)41-11-8-23(35)26-32(3,4)17-44-26)15-21(14-19)30(39)42-12-9-24(36)27-33(5,6)18-45-27/h13-15,25-27H,7-12,16-18H2,1-6H3. The quantitative estimate of drug-likeness (QED) is 0.206. The Hall–Kier alpha value is -3.48. The number of carbonyl (C=O) groups excluding carboxylic acids is 6. The van der Waals surface area contributed by atoms with Crippen LogP contribution in [-0.2, 0) is 42.8 Å². The first-order chi connectivity index (χ1) is 21.0. The van der Waals surface area contributed by atoms with Crippen molar-refractivity contribution in [3.05, 3.63) is 34.9 Å². The number of benzene rings is 1. The van der Waals surface area contributed by atoms with Gasteiger partial charge in [-0.2, -0.15) is 0 Å². The Labute approximate surface area is 262 Å². The lowest BCUT2D eigenvalue weighted by Gasteiger charge is -2.43. The molecule has 3 aliphatic rings. The van der Waals surface area contributed by atoms with Crippen LogP contribution in [-0.4, -0.2) is 93.2 Å². The van der Waals surface area contributed by atoms with Crippen LogP contribution in [0, 0.1) is 16.2 Å². The van der Waals surface area contributed by atoms with Crippen molar-refractivity contribution >= 4 is 35.3 Å². The summed E-state index contributed by atoms with van der Waals surface area (Å²) in [5.74, 6) is -3.22. The van der Waals surface area contributed by atoms with Crippen LogP contribution in [0.1, 0.15) is 91.9 Å². The number of ether oxygens (including phenoxy) is 6. The van der Waals surface area contributed by atoms with Gasteiger partial charge in [0.15, 0.2) is 17.3 Å². The van der Waals surface area contributed by atoms with Crippen LogP contribution in [0.25, 0.3) is 0 Å². The third kappa shape index (κ3) is 8.03. The molecular formula is C33H42O12. The molecule has 0 N–H and O–H groups in total.